The van der Waals surface area contributed by atoms with Crippen LogP contribution in [0.25, 0.3) is 10.9 Å². The Kier molecular flexibility index (Phi) is 5.32. The van der Waals surface area contributed by atoms with Crippen LogP contribution in [0.1, 0.15) is 20.9 Å². The molecule has 1 amide bonds. The minimum absolute atomic E-state index is 0.186. The predicted octanol–water partition coefficient (Wildman–Crippen LogP) is 5.33. The van der Waals surface area contributed by atoms with Crippen LogP contribution in [-0.4, -0.2) is 20.8 Å². The van der Waals surface area contributed by atoms with E-state index in [9.17, 15) is 9.18 Å². The molecule has 2 aromatic heterocycles. The molecule has 0 aliphatic rings. The minimum Gasteiger partial charge on any atom is -0.327 e. The molecule has 4 aromatic rings. The Hall–Kier alpha value is -2.83. The van der Waals surface area contributed by atoms with Crippen molar-refractivity contribution >= 4 is 39.7 Å². The van der Waals surface area contributed by atoms with Crippen LogP contribution in [0, 0.1) is 5.82 Å². The molecule has 0 unspecified atom stereocenters. The van der Waals surface area contributed by atoms with E-state index in [0.29, 0.717) is 17.7 Å². The van der Waals surface area contributed by atoms with Crippen LogP contribution in [0.4, 0.5) is 4.39 Å². The van der Waals surface area contributed by atoms with Crippen molar-refractivity contribution in [1.82, 2.24) is 14.9 Å². The van der Waals surface area contributed by atoms with Gasteiger partial charge in [-0.25, -0.2) is 9.37 Å². The lowest BCUT2D eigenvalue weighted by Gasteiger charge is -2.22. The van der Waals surface area contributed by atoms with E-state index in [4.69, 9.17) is 11.6 Å². The number of fused-ring (bicyclic) bond motifs is 1. The molecule has 0 saturated heterocycles. The maximum Gasteiger partial charge on any atom is 0.256 e. The molecule has 28 heavy (non-hydrogen) atoms. The van der Waals surface area contributed by atoms with Crippen molar-refractivity contribution in [3.8, 4) is 0 Å². The summed E-state index contributed by atoms with van der Waals surface area (Å²) in [5.74, 6) is -0.598. The van der Waals surface area contributed by atoms with Crippen LogP contribution in [0.2, 0.25) is 5.02 Å². The van der Waals surface area contributed by atoms with Crippen molar-refractivity contribution in [2.75, 3.05) is 0 Å². The first kappa shape index (κ1) is 18.5. The summed E-state index contributed by atoms with van der Waals surface area (Å²) < 4.78 is 13.4. The molecule has 0 atom stereocenters. The molecule has 0 spiro atoms. The number of aromatic nitrogens is 2. The van der Waals surface area contributed by atoms with Gasteiger partial charge in [-0.1, -0.05) is 35.9 Å². The number of amides is 1. The number of hydrogen-bond donors (Lipinski definition) is 0. The first-order chi connectivity index (χ1) is 13.6. The van der Waals surface area contributed by atoms with Gasteiger partial charge in [0.1, 0.15) is 10.8 Å². The third-order valence-electron chi connectivity index (χ3n) is 4.31. The number of benzene rings is 2. The summed E-state index contributed by atoms with van der Waals surface area (Å²) in [5.41, 5.74) is 1.97. The van der Waals surface area contributed by atoms with Gasteiger partial charge in [0.05, 0.1) is 17.6 Å². The Morgan fingerprint density at radius 3 is 2.75 bits per heavy atom. The fourth-order valence-corrected chi connectivity index (χ4v) is 3.78. The fraction of sp³-hybridized carbons (Fsp3) is 0.0952. The van der Waals surface area contributed by atoms with Gasteiger partial charge in [-0.15, -0.1) is 11.3 Å². The van der Waals surface area contributed by atoms with Crippen molar-refractivity contribution in [3.63, 3.8) is 0 Å². The quantitative estimate of drug-likeness (QED) is 0.446. The molecule has 0 saturated carbocycles. The normalized spacial score (nSPS) is 10.9. The van der Waals surface area contributed by atoms with E-state index >= 15 is 0 Å². The van der Waals surface area contributed by atoms with Gasteiger partial charge < -0.3 is 4.90 Å². The number of pyridine rings is 1. The van der Waals surface area contributed by atoms with Gasteiger partial charge in [0, 0.05) is 34.7 Å². The second kappa shape index (κ2) is 8.04. The Labute approximate surface area is 170 Å². The molecule has 0 radical (unpaired) electrons. The van der Waals surface area contributed by atoms with Gasteiger partial charge in [0.15, 0.2) is 0 Å². The lowest BCUT2D eigenvalue weighted by molar-refractivity contribution is 0.0729. The number of halogens is 2. The maximum absolute atomic E-state index is 13.4. The van der Waals surface area contributed by atoms with Crippen molar-refractivity contribution < 1.29 is 9.18 Å². The summed E-state index contributed by atoms with van der Waals surface area (Å²) in [7, 11) is 0. The van der Waals surface area contributed by atoms with Crippen LogP contribution in [0.3, 0.4) is 0 Å². The summed E-state index contributed by atoms with van der Waals surface area (Å²) in [4.78, 5) is 23.5. The third-order valence-corrected chi connectivity index (χ3v) is 5.43. The van der Waals surface area contributed by atoms with Gasteiger partial charge in [0.2, 0.25) is 0 Å². The molecule has 0 aliphatic heterocycles. The van der Waals surface area contributed by atoms with Gasteiger partial charge in [-0.3, -0.25) is 9.78 Å². The standard InChI is InChI=1S/C21H15ClFN3OS/c22-18-10-17(23)6-5-15(18)12-26(13-20-24-7-8-28-20)21(27)16-9-14-3-1-2-4-19(14)25-11-16/h1-11H,12-13H2. The molecule has 4 nitrogen and oxygen atoms in total. The molecule has 140 valence electrons. The summed E-state index contributed by atoms with van der Waals surface area (Å²) in [6, 6.07) is 13.6. The predicted molar refractivity (Wildman–Crippen MR) is 109 cm³/mol. The van der Waals surface area contributed by atoms with E-state index in [1.807, 2.05) is 35.7 Å². The average Bonchev–Trinajstić information content (AvgIpc) is 3.21. The van der Waals surface area contributed by atoms with Crippen LogP contribution < -0.4 is 0 Å². The summed E-state index contributed by atoms with van der Waals surface area (Å²) in [5, 5.41) is 3.84. The number of para-hydroxylation sites is 1. The zero-order chi connectivity index (χ0) is 19.5. The first-order valence-corrected chi connectivity index (χ1v) is 9.82. The van der Waals surface area contributed by atoms with E-state index in [0.717, 1.165) is 15.9 Å². The molecular weight excluding hydrogens is 397 g/mol. The molecule has 0 bridgehead atoms. The smallest absolute Gasteiger partial charge is 0.256 e. The number of carbonyl (C=O) groups excluding carboxylic acids is 1. The zero-order valence-corrected chi connectivity index (χ0v) is 16.3. The lowest BCUT2D eigenvalue weighted by atomic mass is 10.1. The van der Waals surface area contributed by atoms with E-state index < -0.39 is 5.82 Å². The average molecular weight is 412 g/mol. The molecule has 7 heteroatoms. The number of carbonyl (C=O) groups is 1. The summed E-state index contributed by atoms with van der Waals surface area (Å²) in [6.45, 7) is 0.571. The summed E-state index contributed by atoms with van der Waals surface area (Å²) in [6.07, 6.45) is 3.27. The Morgan fingerprint density at radius 1 is 1.11 bits per heavy atom. The molecule has 0 N–H and O–H groups in total. The highest BCUT2D eigenvalue weighted by Crippen LogP contribution is 2.22. The highest BCUT2D eigenvalue weighted by Gasteiger charge is 2.20. The molecule has 4 rings (SSSR count). The van der Waals surface area contributed by atoms with Crippen molar-refractivity contribution in [1.29, 1.82) is 0 Å². The molecule has 0 fully saturated rings. The SMILES string of the molecule is O=C(c1cnc2ccccc2c1)N(Cc1nccs1)Cc1ccc(F)cc1Cl. The van der Waals surface area contributed by atoms with E-state index in [-0.39, 0.29) is 17.5 Å². The zero-order valence-electron chi connectivity index (χ0n) is 14.7. The number of nitrogens with zero attached hydrogens (tertiary/aromatic N) is 3. The van der Waals surface area contributed by atoms with Gasteiger partial charge in [-0.05, 0) is 29.8 Å². The molecular formula is C21H15ClFN3OS. The molecule has 2 heterocycles. The van der Waals surface area contributed by atoms with Crippen molar-refractivity contribution in [2.24, 2.45) is 0 Å². The van der Waals surface area contributed by atoms with Gasteiger partial charge in [0.25, 0.3) is 5.91 Å². The minimum atomic E-state index is -0.412. The van der Waals surface area contributed by atoms with Crippen molar-refractivity contribution in [3.05, 3.63) is 93.3 Å². The number of thiazole rings is 1. The molecule has 2 aromatic carbocycles. The van der Waals surface area contributed by atoms with Crippen LogP contribution in [0.15, 0.2) is 66.3 Å². The largest absolute Gasteiger partial charge is 0.327 e. The van der Waals surface area contributed by atoms with E-state index in [1.54, 1.807) is 23.4 Å². The summed E-state index contributed by atoms with van der Waals surface area (Å²) >= 11 is 7.65. The Balaban J connectivity index is 1.67. The first-order valence-electron chi connectivity index (χ1n) is 8.56. The van der Waals surface area contributed by atoms with E-state index in [1.165, 1.54) is 23.5 Å². The second-order valence-electron chi connectivity index (χ2n) is 6.24. The highest BCUT2D eigenvalue weighted by atomic mass is 35.5. The number of rotatable bonds is 5. The maximum atomic E-state index is 13.4. The second-order valence-corrected chi connectivity index (χ2v) is 7.63. The van der Waals surface area contributed by atoms with E-state index in [2.05, 4.69) is 9.97 Å². The fourth-order valence-electron chi connectivity index (χ4n) is 2.92. The molecule has 0 aliphatic carbocycles. The van der Waals surface area contributed by atoms with Gasteiger partial charge >= 0.3 is 0 Å². The van der Waals surface area contributed by atoms with Crippen LogP contribution in [0.5, 0.6) is 0 Å². The van der Waals surface area contributed by atoms with Crippen LogP contribution in [-0.2, 0) is 13.1 Å². The lowest BCUT2D eigenvalue weighted by Crippen LogP contribution is -2.30. The highest BCUT2D eigenvalue weighted by molar-refractivity contribution is 7.09. The third kappa shape index (κ3) is 4.03. The van der Waals surface area contributed by atoms with Gasteiger partial charge in [-0.2, -0.15) is 0 Å². The topological polar surface area (TPSA) is 46.1 Å². The Bertz CT molecular complexity index is 1130. The Morgan fingerprint density at radius 2 is 1.96 bits per heavy atom. The number of hydrogen-bond acceptors (Lipinski definition) is 4. The van der Waals surface area contributed by atoms with Crippen molar-refractivity contribution in [2.45, 2.75) is 13.1 Å². The monoisotopic (exact) mass is 411 g/mol. The van der Waals surface area contributed by atoms with Crippen LogP contribution >= 0.6 is 22.9 Å².